The molecule has 2 N–H and O–H groups in total. The Kier molecular flexibility index (Phi) is 4.32. The molecule has 1 aliphatic heterocycles. The standard InChI is InChI=1S/C14H21FN2O/c1-10-7-17(8-11(2)18-10)9-14(16)12-5-3-4-6-13(12)15/h3-6,10-11,14H,7-9,16H2,1-2H3/t10-,11+,14?. The van der Waals surface area contributed by atoms with Crippen LogP contribution in [0.5, 0.6) is 0 Å². The van der Waals surface area contributed by atoms with E-state index in [0.29, 0.717) is 12.1 Å². The van der Waals surface area contributed by atoms with Gasteiger partial charge in [0, 0.05) is 31.2 Å². The van der Waals surface area contributed by atoms with Crippen LogP contribution in [0.3, 0.4) is 0 Å². The van der Waals surface area contributed by atoms with Crippen LogP contribution in [0.1, 0.15) is 25.5 Å². The molecule has 0 radical (unpaired) electrons. The zero-order chi connectivity index (χ0) is 13.1. The Morgan fingerprint density at radius 2 is 1.94 bits per heavy atom. The van der Waals surface area contributed by atoms with Crippen molar-refractivity contribution in [1.82, 2.24) is 4.90 Å². The maximum absolute atomic E-state index is 13.6. The summed E-state index contributed by atoms with van der Waals surface area (Å²) in [5, 5.41) is 0. The van der Waals surface area contributed by atoms with Crippen LogP contribution in [0, 0.1) is 5.82 Å². The lowest BCUT2D eigenvalue weighted by Gasteiger charge is -2.36. The first kappa shape index (κ1) is 13.5. The zero-order valence-electron chi connectivity index (χ0n) is 11.0. The number of hydrogen-bond acceptors (Lipinski definition) is 3. The van der Waals surface area contributed by atoms with Crippen molar-refractivity contribution in [2.24, 2.45) is 5.73 Å². The SMILES string of the molecule is C[C@@H]1CN(CC(N)c2ccccc2F)C[C@H](C)O1. The average Bonchev–Trinajstić information content (AvgIpc) is 2.27. The Morgan fingerprint density at radius 1 is 1.33 bits per heavy atom. The zero-order valence-corrected chi connectivity index (χ0v) is 11.0. The Balaban J connectivity index is 1.99. The number of rotatable bonds is 3. The van der Waals surface area contributed by atoms with Crippen LogP contribution in [0.15, 0.2) is 24.3 Å². The van der Waals surface area contributed by atoms with Crippen LogP contribution < -0.4 is 5.73 Å². The largest absolute Gasteiger partial charge is 0.373 e. The number of morpholine rings is 1. The normalized spacial score (nSPS) is 27.1. The third-order valence-corrected chi connectivity index (χ3v) is 3.25. The minimum Gasteiger partial charge on any atom is -0.373 e. The highest BCUT2D eigenvalue weighted by Gasteiger charge is 2.24. The van der Waals surface area contributed by atoms with Gasteiger partial charge in [-0.2, -0.15) is 0 Å². The first-order chi connectivity index (χ1) is 8.56. The van der Waals surface area contributed by atoms with Crippen molar-refractivity contribution >= 4 is 0 Å². The van der Waals surface area contributed by atoms with Gasteiger partial charge in [0.25, 0.3) is 0 Å². The molecule has 3 atom stereocenters. The van der Waals surface area contributed by atoms with Crippen LogP contribution in [-0.4, -0.2) is 36.7 Å². The highest BCUT2D eigenvalue weighted by Crippen LogP contribution is 2.18. The van der Waals surface area contributed by atoms with Crippen LogP contribution in [-0.2, 0) is 4.74 Å². The molecular formula is C14H21FN2O. The second-order valence-electron chi connectivity index (χ2n) is 5.10. The molecular weight excluding hydrogens is 231 g/mol. The van der Waals surface area contributed by atoms with Gasteiger partial charge < -0.3 is 10.5 Å². The Bertz CT molecular complexity index is 389. The van der Waals surface area contributed by atoms with E-state index in [-0.39, 0.29) is 24.1 Å². The number of nitrogens with zero attached hydrogens (tertiary/aromatic N) is 1. The van der Waals surface area contributed by atoms with Crippen molar-refractivity contribution in [3.05, 3.63) is 35.6 Å². The predicted octanol–water partition coefficient (Wildman–Crippen LogP) is 1.93. The Morgan fingerprint density at radius 3 is 2.56 bits per heavy atom. The lowest BCUT2D eigenvalue weighted by molar-refractivity contribution is -0.0692. The molecule has 1 fully saturated rings. The van der Waals surface area contributed by atoms with Crippen molar-refractivity contribution in [1.29, 1.82) is 0 Å². The van der Waals surface area contributed by atoms with Gasteiger partial charge in [0.15, 0.2) is 0 Å². The maximum atomic E-state index is 13.6. The molecule has 2 rings (SSSR count). The van der Waals surface area contributed by atoms with Gasteiger partial charge in [-0.05, 0) is 19.9 Å². The first-order valence-electron chi connectivity index (χ1n) is 6.44. The number of nitrogens with two attached hydrogens (primary N) is 1. The topological polar surface area (TPSA) is 38.5 Å². The molecule has 18 heavy (non-hydrogen) atoms. The van der Waals surface area contributed by atoms with E-state index in [0.717, 1.165) is 13.1 Å². The van der Waals surface area contributed by atoms with E-state index >= 15 is 0 Å². The molecule has 1 aromatic rings. The van der Waals surface area contributed by atoms with Gasteiger partial charge in [-0.3, -0.25) is 4.90 Å². The summed E-state index contributed by atoms with van der Waals surface area (Å²) in [4.78, 5) is 2.25. The summed E-state index contributed by atoms with van der Waals surface area (Å²) in [6.07, 6.45) is 0.420. The van der Waals surface area contributed by atoms with Crippen LogP contribution in [0.4, 0.5) is 4.39 Å². The molecule has 0 aromatic heterocycles. The maximum Gasteiger partial charge on any atom is 0.128 e. The monoisotopic (exact) mass is 252 g/mol. The van der Waals surface area contributed by atoms with Gasteiger partial charge in [-0.15, -0.1) is 0 Å². The molecule has 0 bridgehead atoms. The smallest absolute Gasteiger partial charge is 0.128 e. The summed E-state index contributed by atoms with van der Waals surface area (Å²) in [7, 11) is 0. The summed E-state index contributed by atoms with van der Waals surface area (Å²) >= 11 is 0. The van der Waals surface area contributed by atoms with Gasteiger partial charge in [0.2, 0.25) is 0 Å². The van der Waals surface area contributed by atoms with Gasteiger partial charge in [-0.1, -0.05) is 18.2 Å². The molecule has 4 heteroatoms. The van der Waals surface area contributed by atoms with E-state index in [1.54, 1.807) is 12.1 Å². The molecule has 0 spiro atoms. The fourth-order valence-corrected chi connectivity index (χ4v) is 2.59. The number of ether oxygens (including phenoxy) is 1. The van der Waals surface area contributed by atoms with Crippen LogP contribution in [0.25, 0.3) is 0 Å². The van der Waals surface area contributed by atoms with E-state index in [1.807, 2.05) is 6.07 Å². The van der Waals surface area contributed by atoms with Gasteiger partial charge in [-0.25, -0.2) is 4.39 Å². The van der Waals surface area contributed by atoms with E-state index in [1.165, 1.54) is 6.07 Å². The summed E-state index contributed by atoms with van der Waals surface area (Å²) in [5.74, 6) is -0.223. The van der Waals surface area contributed by atoms with E-state index < -0.39 is 0 Å². The lowest BCUT2D eigenvalue weighted by Crippen LogP contribution is -2.47. The molecule has 1 unspecified atom stereocenters. The van der Waals surface area contributed by atoms with Crippen LogP contribution >= 0.6 is 0 Å². The minimum absolute atomic E-state index is 0.210. The minimum atomic E-state index is -0.288. The average molecular weight is 252 g/mol. The second kappa shape index (κ2) is 5.78. The van der Waals surface area contributed by atoms with Crippen molar-refractivity contribution in [3.63, 3.8) is 0 Å². The number of hydrogen-bond donors (Lipinski definition) is 1. The van der Waals surface area contributed by atoms with Crippen molar-refractivity contribution in [2.75, 3.05) is 19.6 Å². The molecule has 1 aromatic carbocycles. The van der Waals surface area contributed by atoms with Crippen molar-refractivity contribution < 1.29 is 9.13 Å². The third kappa shape index (κ3) is 3.28. The van der Waals surface area contributed by atoms with Gasteiger partial charge in [0.05, 0.1) is 12.2 Å². The fraction of sp³-hybridized carbons (Fsp3) is 0.571. The molecule has 1 saturated heterocycles. The molecule has 3 nitrogen and oxygen atoms in total. The Hall–Kier alpha value is -0.970. The van der Waals surface area contributed by atoms with E-state index in [4.69, 9.17) is 10.5 Å². The van der Waals surface area contributed by atoms with Gasteiger partial charge >= 0.3 is 0 Å². The van der Waals surface area contributed by atoms with Crippen molar-refractivity contribution in [3.8, 4) is 0 Å². The van der Waals surface area contributed by atoms with Crippen LogP contribution in [0.2, 0.25) is 0 Å². The summed E-state index contributed by atoms with van der Waals surface area (Å²) in [5.41, 5.74) is 6.68. The third-order valence-electron chi connectivity index (χ3n) is 3.25. The Labute approximate surface area is 108 Å². The fourth-order valence-electron chi connectivity index (χ4n) is 2.59. The molecule has 100 valence electrons. The lowest BCUT2D eigenvalue weighted by atomic mass is 10.1. The predicted molar refractivity (Wildman–Crippen MR) is 69.8 cm³/mol. The number of halogens is 1. The molecule has 0 amide bonds. The first-order valence-corrected chi connectivity index (χ1v) is 6.44. The summed E-state index contributed by atoms with van der Waals surface area (Å²) in [6.45, 7) is 6.48. The number of benzene rings is 1. The second-order valence-corrected chi connectivity index (χ2v) is 5.10. The molecule has 0 saturated carbocycles. The molecule has 1 heterocycles. The highest BCUT2D eigenvalue weighted by atomic mass is 19.1. The highest BCUT2D eigenvalue weighted by molar-refractivity contribution is 5.21. The van der Waals surface area contributed by atoms with E-state index in [9.17, 15) is 4.39 Å². The van der Waals surface area contributed by atoms with E-state index in [2.05, 4.69) is 18.7 Å². The molecule has 1 aliphatic rings. The summed E-state index contributed by atoms with van der Waals surface area (Å²) < 4.78 is 19.3. The molecule has 0 aliphatic carbocycles. The quantitative estimate of drug-likeness (QED) is 0.893. The summed E-state index contributed by atoms with van der Waals surface area (Å²) in [6, 6.07) is 6.43. The van der Waals surface area contributed by atoms with Gasteiger partial charge in [0.1, 0.15) is 5.82 Å². The van der Waals surface area contributed by atoms with Crippen molar-refractivity contribution in [2.45, 2.75) is 32.1 Å².